The van der Waals surface area contributed by atoms with Gasteiger partial charge in [-0.15, -0.1) is 0 Å². The van der Waals surface area contributed by atoms with E-state index in [0.29, 0.717) is 17.7 Å². The number of carboxylic acids is 1. The van der Waals surface area contributed by atoms with Crippen LogP contribution in [-0.4, -0.2) is 36.0 Å². The number of benzene rings is 1. The predicted molar refractivity (Wildman–Crippen MR) is 89.4 cm³/mol. The Morgan fingerprint density at radius 2 is 2.04 bits per heavy atom. The van der Waals surface area contributed by atoms with E-state index in [-0.39, 0.29) is 29.9 Å². The molecule has 0 aliphatic carbocycles. The fourth-order valence-electron chi connectivity index (χ4n) is 2.65. The minimum Gasteiger partial charge on any atom is -0.481 e. The van der Waals surface area contributed by atoms with Crippen molar-refractivity contribution in [3.8, 4) is 0 Å². The van der Waals surface area contributed by atoms with E-state index in [0.717, 1.165) is 0 Å². The molecule has 2 rings (SSSR count). The van der Waals surface area contributed by atoms with Gasteiger partial charge >= 0.3 is 5.97 Å². The van der Waals surface area contributed by atoms with Crippen molar-refractivity contribution < 1.29 is 23.9 Å². The highest BCUT2D eigenvalue weighted by molar-refractivity contribution is 9.10. The molecule has 1 aliphatic heterocycles. The average molecular weight is 401 g/mol. The highest BCUT2D eigenvalue weighted by Gasteiger charge is 2.44. The standard InChI is InChI=1S/C16H18BrFN2O4/c1-16(2)9-6-10(17)11(18)7-12(9)20(15(16)24)8-13(21)19-5-3-4-14(22)23/h6-7H,3-5,8H2,1-2H3,(H,19,21)(H,22,23). The molecule has 0 saturated heterocycles. The van der Waals surface area contributed by atoms with Gasteiger partial charge in [0.2, 0.25) is 11.8 Å². The zero-order chi connectivity index (χ0) is 18.1. The van der Waals surface area contributed by atoms with E-state index >= 15 is 0 Å². The van der Waals surface area contributed by atoms with Gasteiger partial charge in [-0.3, -0.25) is 14.4 Å². The molecule has 0 unspecified atom stereocenters. The Bertz CT molecular complexity index is 706. The molecule has 0 saturated carbocycles. The number of carboxylic acid groups (broad SMARTS) is 1. The van der Waals surface area contributed by atoms with Gasteiger partial charge in [-0.1, -0.05) is 0 Å². The van der Waals surface area contributed by atoms with Gasteiger partial charge in [-0.05, 0) is 53.9 Å². The number of hydrogen-bond acceptors (Lipinski definition) is 3. The number of carbonyl (C=O) groups excluding carboxylic acids is 2. The smallest absolute Gasteiger partial charge is 0.303 e. The summed E-state index contributed by atoms with van der Waals surface area (Å²) in [4.78, 5) is 36.3. The Hall–Kier alpha value is -1.96. The highest BCUT2D eigenvalue weighted by atomic mass is 79.9. The summed E-state index contributed by atoms with van der Waals surface area (Å²) in [5.41, 5.74) is 0.181. The van der Waals surface area contributed by atoms with Crippen molar-refractivity contribution in [2.45, 2.75) is 32.1 Å². The zero-order valence-electron chi connectivity index (χ0n) is 13.4. The van der Waals surface area contributed by atoms with Crippen LogP contribution in [0.1, 0.15) is 32.3 Å². The molecule has 1 aliphatic rings. The number of amides is 2. The molecule has 0 spiro atoms. The van der Waals surface area contributed by atoms with Crippen LogP contribution in [0.5, 0.6) is 0 Å². The molecular formula is C16H18BrFN2O4. The quantitative estimate of drug-likeness (QED) is 0.716. The van der Waals surface area contributed by atoms with E-state index in [4.69, 9.17) is 5.11 Å². The first-order valence-electron chi connectivity index (χ1n) is 7.44. The van der Waals surface area contributed by atoms with Crippen LogP contribution in [0.3, 0.4) is 0 Å². The maximum Gasteiger partial charge on any atom is 0.303 e. The van der Waals surface area contributed by atoms with Crippen molar-refractivity contribution in [3.05, 3.63) is 28.0 Å². The molecule has 0 radical (unpaired) electrons. The summed E-state index contributed by atoms with van der Waals surface area (Å²) in [5, 5.41) is 11.1. The van der Waals surface area contributed by atoms with E-state index in [1.54, 1.807) is 19.9 Å². The van der Waals surface area contributed by atoms with Crippen molar-refractivity contribution in [3.63, 3.8) is 0 Å². The summed E-state index contributed by atoms with van der Waals surface area (Å²) in [5.74, 6) is -2.14. The third kappa shape index (κ3) is 3.58. The number of fused-ring (bicyclic) bond motifs is 1. The van der Waals surface area contributed by atoms with Crippen molar-refractivity contribution in [2.75, 3.05) is 18.0 Å². The van der Waals surface area contributed by atoms with Crippen LogP contribution in [0.15, 0.2) is 16.6 Å². The fraction of sp³-hybridized carbons (Fsp3) is 0.438. The largest absolute Gasteiger partial charge is 0.481 e. The van der Waals surface area contributed by atoms with E-state index in [1.165, 1.54) is 11.0 Å². The molecule has 130 valence electrons. The summed E-state index contributed by atoms with van der Waals surface area (Å²) < 4.78 is 14.1. The summed E-state index contributed by atoms with van der Waals surface area (Å²) in [6.45, 7) is 3.42. The van der Waals surface area contributed by atoms with Crippen molar-refractivity contribution in [1.29, 1.82) is 0 Å². The Labute approximate surface area is 147 Å². The molecule has 2 N–H and O–H groups in total. The van der Waals surface area contributed by atoms with Crippen LogP contribution in [0.2, 0.25) is 0 Å². The van der Waals surface area contributed by atoms with Crippen LogP contribution < -0.4 is 10.2 Å². The number of nitrogens with zero attached hydrogens (tertiary/aromatic N) is 1. The van der Waals surface area contributed by atoms with E-state index in [2.05, 4.69) is 21.2 Å². The summed E-state index contributed by atoms with van der Waals surface area (Å²) >= 11 is 3.11. The minimum absolute atomic E-state index is 0.0436. The first-order chi connectivity index (χ1) is 11.1. The zero-order valence-corrected chi connectivity index (χ0v) is 14.9. The van der Waals surface area contributed by atoms with Gasteiger partial charge in [0.1, 0.15) is 12.4 Å². The Morgan fingerprint density at radius 1 is 1.38 bits per heavy atom. The second kappa shape index (κ2) is 6.88. The van der Waals surface area contributed by atoms with Crippen LogP contribution in [0, 0.1) is 5.82 Å². The Balaban J connectivity index is 2.12. The topological polar surface area (TPSA) is 86.7 Å². The molecule has 2 amide bonds. The van der Waals surface area contributed by atoms with Gasteiger partial charge in [0, 0.05) is 13.0 Å². The molecule has 0 atom stereocenters. The number of aliphatic carboxylic acids is 1. The third-order valence-corrected chi connectivity index (χ3v) is 4.58. The number of nitrogens with one attached hydrogen (secondary N) is 1. The lowest BCUT2D eigenvalue weighted by molar-refractivity contribution is -0.137. The molecule has 24 heavy (non-hydrogen) atoms. The molecule has 1 heterocycles. The molecular weight excluding hydrogens is 383 g/mol. The molecule has 1 aromatic rings. The minimum atomic E-state index is -0.935. The third-order valence-electron chi connectivity index (χ3n) is 3.97. The van der Waals surface area contributed by atoms with Gasteiger partial charge in [0.25, 0.3) is 0 Å². The fourth-order valence-corrected chi connectivity index (χ4v) is 2.99. The van der Waals surface area contributed by atoms with Crippen LogP contribution in [0.25, 0.3) is 0 Å². The van der Waals surface area contributed by atoms with Gasteiger partial charge in [-0.2, -0.15) is 0 Å². The molecule has 6 nitrogen and oxygen atoms in total. The number of rotatable bonds is 6. The number of hydrogen-bond donors (Lipinski definition) is 2. The maximum atomic E-state index is 13.8. The van der Waals surface area contributed by atoms with Gasteiger partial charge < -0.3 is 15.3 Å². The number of carbonyl (C=O) groups is 3. The Morgan fingerprint density at radius 3 is 2.67 bits per heavy atom. The second-order valence-corrected chi connectivity index (χ2v) is 7.00. The van der Waals surface area contributed by atoms with Crippen molar-refractivity contribution >= 4 is 39.4 Å². The number of halogens is 2. The number of anilines is 1. The summed E-state index contributed by atoms with van der Waals surface area (Å²) in [7, 11) is 0. The highest BCUT2D eigenvalue weighted by Crippen LogP contribution is 2.43. The summed E-state index contributed by atoms with van der Waals surface area (Å²) in [6, 6.07) is 2.80. The maximum absolute atomic E-state index is 13.8. The normalized spacial score (nSPS) is 15.3. The van der Waals surface area contributed by atoms with Crippen LogP contribution >= 0.6 is 15.9 Å². The first-order valence-corrected chi connectivity index (χ1v) is 8.24. The molecule has 1 aromatic carbocycles. The Kier molecular flexibility index (Phi) is 5.27. The monoisotopic (exact) mass is 400 g/mol. The van der Waals surface area contributed by atoms with E-state index < -0.39 is 23.1 Å². The lowest BCUT2D eigenvalue weighted by Crippen LogP contribution is -2.43. The van der Waals surface area contributed by atoms with Crippen LogP contribution in [0.4, 0.5) is 10.1 Å². The molecule has 0 aromatic heterocycles. The van der Waals surface area contributed by atoms with E-state index in [1.807, 2.05) is 0 Å². The molecule has 0 fully saturated rings. The molecule has 0 bridgehead atoms. The van der Waals surface area contributed by atoms with Crippen molar-refractivity contribution in [2.24, 2.45) is 0 Å². The summed E-state index contributed by atoms with van der Waals surface area (Å²) in [6.07, 6.45) is 0.261. The lowest BCUT2D eigenvalue weighted by atomic mass is 9.86. The lowest BCUT2D eigenvalue weighted by Gasteiger charge is -2.20. The van der Waals surface area contributed by atoms with Crippen LogP contribution in [-0.2, 0) is 19.8 Å². The molecule has 8 heteroatoms. The average Bonchev–Trinajstić information content (AvgIpc) is 2.66. The van der Waals surface area contributed by atoms with E-state index in [9.17, 15) is 18.8 Å². The van der Waals surface area contributed by atoms with Gasteiger partial charge in [-0.25, -0.2) is 4.39 Å². The van der Waals surface area contributed by atoms with Crippen molar-refractivity contribution in [1.82, 2.24) is 5.32 Å². The SMILES string of the molecule is CC1(C)C(=O)N(CC(=O)NCCCC(=O)O)c2cc(F)c(Br)cc21. The predicted octanol–water partition coefficient (Wildman–Crippen LogP) is 2.19. The van der Waals surface area contributed by atoms with Gasteiger partial charge in [0.05, 0.1) is 15.6 Å². The first kappa shape index (κ1) is 18.4. The van der Waals surface area contributed by atoms with Gasteiger partial charge in [0.15, 0.2) is 0 Å². The second-order valence-electron chi connectivity index (χ2n) is 6.15.